The molecule has 2 amide bonds. The molecule has 2 aromatic rings. The van der Waals surface area contributed by atoms with E-state index in [9.17, 15) is 18.0 Å². The predicted molar refractivity (Wildman–Crippen MR) is 101 cm³/mol. The van der Waals surface area contributed by atoms with Gasteiger partial charge in [0.15, 0.2) is 0 Å². The molecule has 1 aromatic carbocycles. The first-order valence-electron chi connectivity index (χ1n) is 8.11. The van der Waals surface area contributed by atoms with E-state index in [1.54, 1.807) is 35.2 Å². The lowest BCUT2D eigenvalue weighted by Crippen LogP contribution is -2.23. The lowest BCUT2D eigenvalue weighted by molar-refractivity contribution is -0.119. The molecule has 138 valence electrons. The number of sulfonamides is 1. The fourth-order valence-corrected chi connectivity index (χ4v) is 5.02. The zero-order valence-electron chi connectivity index (χ0n) is 14.2. The van der Waals surface area contributed by atoms with Crippen molar-refractivity contribution in [2.75, 3.05) is 16.2 Å². The molecular weight excluding hydrogens is 374 g/mol. The van der Waals surface area contributed by atoms with Gasteiger partial charge in [-0.3, -0.25) is 14.3 Å². The Morgan fingerprint density at radius 2 is 2.08 bits per heavy atom. The summed E-state index contributed by atoms with van der Waals surface area (Å²) in [7, 11) is -3.73. The summed E-state index contributed by atoms with van der Waals surface area (Å²) in [6.45, 7) is 2.35. The van der Waals surface area contributed by atoms with E-state index in [0.717, 1.165) is 22.6 Å². The number of nitrogens with one attached hydrogen (secondary N) is 2. The normalized spacial score (nSPS) is 14.5. The van der Waals surface area contributed by atoms with Gasteiger partial charge < -0.3 is 10.2 Å². The van der Waals surface area contributed by atoms with E-state index >= 15 is 0 Å². The van der Waals surface area contributed by atoms with Crippen LogP contribution in [0.5, 0.6) is 0 Å². The van der Waals surface area contributed by atoms with Gasteiger partial charge in [0.2, 0.25) is 11.8 Å². The molecule has 0 spiro atoms. The number of thiophene rings is 1. The topological polar surface area (TPSA) is 95.6 Å². The van der Waals surface area contributed by atoms with E-state index < -0.39 is 10.0 Å². The van der Waals surface area contributed by atoms with Crippen molar-refractivity contribution in [1.29, 1.82) is 0 Å². The van der Waals surface area contributed by atoms with E-state index in [1.807, 2.05) is 0 Å². The summed E-state index contributed by atoms with van der Waals surface area (Å²) in [6, 6.07) is 10.00. The number of rotatable bonds is 6. The van der Waals surface area contributed by atoms with Crippen molar-refractivity contribution in [1.82, 2.24) is 5.32 Å². The molecule has 0 unspecified atom stereocenters. The number of benzene rings is 1. The molecule has 9 heteroatoms. The van der Waals surface area contributed by atoms with Crippen molar-refractivity contribution in [3.63, 3.8) is 0 Å². The number of carbonyl (C=O) groups is 2. The molecule has 1 saturated heterocycles. The third-order valence-corrected chi connectivity index (χ3v) is 6.86. The minimum atomic E-state index is -3.73. The highest BCUT2D eigenvalue weighted by atomic mass is 32.2. The van der Waals surface area contributed by atoms with Gasteiger partial charge in [-0.1, -0.05) is 6.07 Å². The SMILES string of the molecule is CC(=O)NCc1ccc(S(=O)(=O)Nc2cccc(N3CCCC3=O)c2)s1. The van der Waals surface area contributed by atoms with Crippen LogP contribution in [0.2, 0.25) is 0 Å². The highest BCUT2D eigenvalue weighted by molar-refractivity contribution is 7.94. The van der Waals surface area contributed by atoms with Gasteiger partial charge in [-0.2, -0.15) is 0 Å². The van der Waals surface area contributed by atoms with Crippen LogP contribution >= 0.6 is 11.3 Å². The maximum absolute atomic E-state index is 12.6. The molecule has 1 aliphatic heterocycles. The summed E-state index contributed by atoms with van der Waals surface area (Å²) in [5.41, 5.74) is 1.09. The maximum Gasteiger partial charge on any atom is 0.271 e. The zero-order valence-corrected chi connectivity index (χ0v) is 15.8. The molecule has 2 heterocycles. The van der Waals surface area contributed by atoms with Crippen LogP contribution in [-0.2, 0) is 26.2 Å². The standard InChI is InChI=1S/C17H19N3O4S2/c1-12(21)18-11-15-7-8-17(25-15)26(23,24)19-13-4-2-5-14(10-13)20-9-3-6-16(20)22/h2,4-5,7-8,10,19H,3,6,9,11H2,1H3,(H,18,21). The fraction of sp³-hybridized carbons (Fsp3) is 0.294. The third kappa shape index (κ3) is 4.23. The van der Waals surface area contributed by atoms with E-state index in [2.05, 4.69) is 10.0 Å². The van der Waals surface area contributed by atoms with Crippen LogP contribution in [0.15, 0.2) is 40.6 Å². The van der Waals surface area contributed by atoms with Crippen molar-refractivity contribution < 1.29 is 18.0 Å². The zero-order chi connectivity index (χ0) is 18.7. The quantitative estimate of drug-likeness (QED) is 0.787. The molecule has 0 aliphatic carbocycles. The smallest absolute Gasteiger partial charge is 0.271 e. The van der Waals surface area contributed by atoms with Gasteiger partial charge in [0, 0.05) is 30.5 Å². The van der Waals surface area contributed by atoms with Gasteiger partial charge in [0.1, 0.15) is 4.21 Å². The van der Waals surface area contributed by atoms with Crippen LogP contribution in [0.4, 0.5) is 11.4 Å². The molecule has 3 rings (SSSR count). The second kappa shape index (κ2) is 7.46. The van der Waals surface area contributed by atoms with Crippen molar-refractivity contribution in [3.05, 3.63) is 41.3 Å². The van der Waals surface area contributed by atoms with Crippen molar-refractivity contribution in [3.8, 4) is 0 Å². The first-order chi connectivity index (χ1) is 12.3. The van der Waals surface area contributed by atoms with Crippen molar-refractivity contribution in [2.45, 2.75) is 30.5 Å². The van der Waals surface area contributed by atoms with Crippen LogP contribution in [-0.4, -0.2) is 26.8 Å². The van der Waals surface area contributed by atoms with E-state index in [4.69, 9.17) is 0 Å². The van der Waals surface area contributed by atoms with E-state index in [0.29, 0.717) is 30.9 Å². The van der Waals surface area contributed by atoms with Gasteiger partial charge >= 0.3 is 0 Å². The monoisotopic (exact) mass is 393 g/mol. The van der Waals surface area contributed by atoms with Crippen molar-refractivity contribution >= 4 is 44.5 Å². The first-order valence-corrected chi connectivity index (χ1v) is 10.4. The van der Waals surface area contributed by atoms with Gasteiger partial charge in [-0.25, -0.2) is 8.42 Å². The largest absolute Gasteiger partial charge is 0.351 e. The molecular formula is C17H19N3O4S2. The van der Waals surface area contributed by atoms with E-state index in [1.165, 1.54) is 13.0 Å². The molecule has 0 saturated carbocycles. The van der Waals surface area contributed by atoms with Crippen molar-refractivity contribution in [2.24, 2.45) is 0 Å². The van der Waals surface area contributed by atoms with Gasteiger partial charge in [0.05, 0.1) is 12.2 Å². The number of amides is 2. The molecule has 0 radical (unpaired) electrons. The fourth-order valence-electron chi connectivity index (χ4n) is 2.67. The Morgan fingerprint density at radius 1 is 1.27 bits per heavy atom. The van der Waals surface area contributed by atoms with Crippen LogP contribution in [0.1, 0.15) is 24.6 Å². The predicted octanol–water partition coefficient (Wildman–Crippen LogP) is 2.31. The number of nitrogens with zero attached hydrogens (tertiary/aromatic N) is 1. The second-order valence-corrected chi connectivity index (χ2v) is 9.01. The summed E-state index contributed by atoms with van der Waals surface area (Å²) in [4.78, 5) is 25.2. The maximum atomic E-state index is 12.6. The number of carbonyl (C=O) groups excluding carboxylic acids is 2. The number of anilines is 2. The lowest BCUT2D eigenvalue weighted by atomic mass is 10.2. The second-order valence-electron chi connectivity index (χ2n) is 5.94. The lowest BCUT2D eigenvalue weighted by Gasteiger charge is -2.17. The van der Waals surface area contributed by atoms with Gasteiger partial charge in [-0.15, -0.1) is 11.3 Å². The molecule has 0 bridgehead atoms. The Morgan fingerprint density at radius 3 is 2.77 bits per heavy atom. The third-order valence-electron chi connectivity index (χ3n) is 3.90. The minimum absolute atomic E-state index is 0.0471. The molecule has 2 N–H and O–H groups in total. The summed E-state index contributed by atoms with van der Waals surface area (Å²) in [5.74, 6) is -0.125. The first kappa shape index (κ1) is 18.4. The van der Waals surface area contributed by atoms with Crippen LogP contribution in [0.3, 0.4) is 0 Å². The summed E-state index contributed by atoms with van der Waals surface area (Å²) in [5, 5.41) is 2.64. The van der Waals surface area contributed by atoms with Crippen LogP contribution in [0.25, 0.3) is 0 Å². The van der Waals surface area contributed by atoms with E-state index in [-0.39, 0.29) is 16.0 Å². The van der Waals surface area contributed by atoms with Crippen LogP contribution < -0.4 is 14.9 Å². The molecule has 0 atom stereocenters. The summed E-state index contributed by atoms with van der Waals surface area (Å²) >= 11 is 1.10. The highest BCUT2D eigenvalue weighted by Gasteiger charge is 2.22. The highest BCUT2D eigenvalue weighted by Crippen LogP contribution is 2.27. The minimum Gasteiger partial charge on any atom is -0.351 e. The Kier molecular flexibility index (Phi) is 5.28. The summed E-state index contributed by atoms with van der Waals surface area (Å²) in [6.07, 6.45) is 1.32. The molecule has 7 nitrogen and oxygen atoms in total. The van der Waals surface area contributed by atoms with Gasteiger partial charge in [0.25, 0.3) is 10.0 Å². The van der Waals surface area contributed by atoms with Crippen LogP contribution in [0, 0.1) is 0 Å². The molecule has 1 aromatic heterocycles. The molecule has 1 fully saturated rings. The Bertz CT molecular complexity index is 937. The van der Waals surface area contributed by atoms with Gasteiger partial charge in [-0.05, 0) is 36.8 Å². The molecule has 1 aliphatic rings. The summed E-state index contributed by atoms with van der Waals surface area (Å²) < 4.78 is 27.9. The number of hydrogen-bond acceptors (Lipinski definition) is 5. The average Bonchev–Trinajstić information content (AvgIpc) is 3.22. The Hall–Kier alpha value is -2.39. The average molecular weight is 393 g/mol. The Balaban J connectivity index is 1.75. The molecule has 26 heavy (non-hydrogen) atoms. The Labute approximate surface area is 156 Å². The number of hydrogen-bond donors (Lipinski definition) is 2.